The molecule has 0 bridgehead atoms. The molecule has 2 amide bonds. The monoisotopic (exact) mass is 249 g/mol. The number of benzene rings is 1. The molecule has 0 radical (unpaired) electrons. The fourth-order valence-corrected chi connectivity index (χ4v) is 1.49. The zero-order valence-electron chi connectivity index (χ0n) is 11.4. The van der Waals surface area contributed by atoms with Gasteiger partial charge in [-0.3, -0.25) is 0 Å². The van der Waals surface area contributed by atoms with Crippen LogP contribution in [0.3, 0.4) is 0 Å². The third-order valence-electron chi connectivity index (χ3n) is 2.43. The van der Waals surface area contributed by atoms with E-state index in [9.17, 15) is 4.79 Å². The molecule has 0 aliphatic carbocycles. The van der Waals surface area contributed by atoms with E-state index in [-0.39, 0.29) is 6.03 Å². The first-order chi connectivity index (χ1) is 8.61. The van der Waals surface area contributed by atoms with E-state index in [4.69, 9.17) is 0 Å². The Balaban J connectivity index is 2.51. The van der Waals surface area contributed by atoms with Crippen LogP contribution in [0.15, 0.2) is 24.3 Å². The SMILES string of the molecule is CCCNC(=O)Nc1cccc(CNC(C)C)c1. The minimum atomic E-state index is -0.147. The summed E-state index contributed by atoms with van der Waals surface area (Å²) in [5.41, 5.74) is 1.99. The van der Waals surface area contributed by atoms with Crippen molar-refractivity contribution in [2.24, 2.45) is 0 Å². The van der Waals surface area contributed by atoms with Gasteiger partial charge in [0.15, 0.2) is 0 Å². The number of hydrogen-bond donors (Lipinski definition) is 3. The van der Waals surface area contributed by atoms with E-state index < -0.39 is 0 Å². The standard InChI is InChI=1S/C14H23N3O/c1-4-8-15-14(18)17-13-7-5-6-12(9-13)10-16-11(2)3/h5-7,9,11,16H,4,8,10H2,1-3H3,(H2,15,17,18). The van der Waals surface area contributed by atoms with Crippen LogP contribution in [0.2, 0.25) is 0 Å². The Morgan fingerprint density at radius 2 is 2.11 bits per heavy atom. The molecule has 18 heavy (non-hydrogen) atoms. The minimum Gasteiger partial charge on any atom is -0.338 e. The molecule has 0 aliphatic heterocycles. The maximum Gasteiger partial charge on any atom is 0.319 e. The lowest BCUT2D eigenvalue weighted by atomic mass is 10.2. The number of hydrogen-bond acceptors (Lipinski definition) is 2. The van der Waals surface area contributed by atoms with E-state index in [1.54, 1.807) is 0 Å². The molecular weight excluding hydrogens is 226 g/mol. The summed E-state index contributed by atoms with van der Waals surface area (Å²) in [6.45, 7) is 7.75. The van der Waals surface area contributed by atoms with E-state index in [0.29, 0.717) is 12.6 Å². The van der Waals surface area contributed by atoms with E-state index in [1.807, 2.05) is 31.2 Å². The predicted octanol–water partition coefficient (Wildman–Crippen LogP) is 2.72. The largest absolute Gasteiger partial charge is 0.338 e. The zero-order valence-corrected chi connectivity index (χ0v) is 11.4. The summed E-state index contributed by atoms with van der Waals surface area (Å²) in [6, 6.07) is 8.18. The number of amides is 2. The molecule has 100 valence electrons. The number of rotatable bonds is 6. The lowest BCUT2D eigenvalue weighted by Gasteiger charge is -2.10. The van der Waals surface area contributed by atoms with Gasteiger partial charge in [-0.15, -0.1) is 0 Å². The van der Waals surface area contributed by atoms with E-state index in [0.717, 1.165) is 24.2 Å². The fourth-order valence-electron chi connectivity index (χ4n) is 1.49. The van der Waals surface area contributed by atoms with Crippen molar-refractivity contribution in [1.82, 2.24) is 10.6 Å². The van der Waals surface area contributed by atoms with Crippen LogP contribution < -0.4 is 16.0 Å². The van der Waals surface area contributed by atoms with E-state index in [2.05, 4.69) is 29.8 Å². The first kappa shape index (κ1) is 14.5. The van der Waals surface area contributed by atoms with Crippen LogP contribution in [0.25, 0.3) is 0 Å². The van der Waals surface area contributed by atoms with Crippen LogP contribution in [0.1, 0.15) is 32.8 Å². The summed E-state index contributed by atoms with van der Waals surface area (Å²) in [5.74, 6) is 0. The van der Waals surface area contributed by atoms with Gasteiger partial charge < -0.3 is 16.0 Å². The molecule has 0 fully saturated rings. The molecule has 4 heteroatoms. The second kappa shape index (κ2) is 7.71. The Bertz CT molecular complexity index is 377. The fraction of sp³-hybridized carbons (Fsp3) is 0.500. The highest BCUT2D eigenvalue weighted by molar-refractivity contribution is 5.89. The molecule has 0 atom stereocenters. The average Bonchev–Trinajstić information content (AvgIpc) is 2.34. The number of anilines is 1. The first-order valence-electron chi connectivity index (χ1n) is 6.49. The van der Waals surface area contributed by atoms with Crippen molar-refractivity contribution in [3.8, 4) is 0 Å². The summed E-state index contributed by atoms with van der Waals surface area (Å²) in [6.07, 6.45) is 0.936. The summed E-state index contributed by atoms with van der Waals surface area (Å²) < 4.78 is 0. The lowest BCUT2D eigenvalue weighted by Crippen LogP contribution is -2.29. The highest BCUT2D eigenvalue weighted by Crippen LogP contribution is 2.10. The van der Waals surface area contributed by atoms with Gasteiger partial charge in [0.2, 0.25) is 0 Å². The molecule has 0 aromatic heterocycles. The van der Waals surface area contributed by atoms with Crippen molar-refractivity contribution >= 4 is 11.7 Å². The summed E-state index contributed by atoms with van der Waals surface area (Å²) in [4.78, 5) is 11.5. The molecule has 1 rings (SSSR count). The van der Waals surface area contributed by atoms with Crippen LogP contribution in [0, 0.1) is 0 Å². The van der Waals surface area contributed by atoms with Crippen LogP contribution in [0.4, 0.5) is 10.5 Å². The average molecular weight is 249 g/mol. The summed E-state index contributed by atoms with van der Waals surface area (Å²) >= 11 is 0. The smallest absolute Gasteiger partial charge is 0.319 e. The second-order valence-electron chi connectivity index (χ2n) is 4.62. The Morgan fingerprint density at radius 1 is 1.33 bits per heavy atom. The molecular formula is C14H23N3O. The van der Waals surface area contributed by atoms with E-state index in [1.165, 1.54) is 0 Å². The normalized spacial score (nSPS) is 10.4. The Morgan fingerprint density at radius 3 is 2.78 bits per heavy atom. The van der Waals surface area contributed by atoms with Gasteiger partial charge in [0, 0.05) is 24.8 Å². The molecule has 1 aromatic rings. The quantitative estimate of drug-likeness (QED) is 0.726. The van der Waals surface area contributed by atoms with Crippen LogP contribution >= 0.6 is 0 Å². The summed E-state index contributed by atoms with van der Waals surface area (Å²) in [7, 11) is 0. The van der Waals surface area contributed by atoms with Gasteiger partial charge >= 0.3 is 6.03 Å². The zero-order chi connectivity index (χ0) is 13.4. The van der Waals surface area contributed by atoms with Crippen LogP contribution in [-0.2, 0) is 6.54 Å². The molecule has 0 heterocycles. The molecule has 0 saturated carbocycles. The van der Waals surface area contributed by atoms with Gasteiger partial charge in [0.05, 0.1) is 0 Å². The maximum absolute atomic E-state index is 11.5. The van der Waals surface area contributed by atoms with Crippen molar-refractivity contribution in [3.05, 3.63) is 29.8 Å². The van der Waals surface area contributed by atoms with Crippen LogP contribution in [-0.4, -0.2) is 18.6 Å². The topological polar surface area (TPSA) is 53.2 Å². The molecule has 4 nitrogen and oxygen atoms in total. The predicted molar refractivity (Wildman–Crippen MR) is 75.7 cm³/mol. The van der Waals surface area contributed by atoms with Gasteiger partial charge in [-0.1, -0.05) is 32.9 Å². The van der Waals surface area contributed by atoms with Crippen molar-refractivity contribution in [2.45, 2.75) is 39.8 Å². The van der Waals surface area contributed by atoms with Gasteiger partial charge in [0.25, 0.3) is 0 Å². The molecule has 0 aliphatic rings. The third kappa shape index (κ3) is 5.68. The Kier molecular flexibility index (Phi) is 6.22. The Labute approximate surface area is 109 Å². The Hall–Kier alpha value is -1.55. The molecule has 1 aromatic carbocycles. The molecule has 3 N–H and O–H groups in total. The van der Waals surface area contributed by atoms with Crippen molar-refractivity contribution in [1.29, 1.82) is 0 Å². The molecule has 0 spiro atoms. The number of carbonyl (C=O) groups is 1. The lowest BCUT2D eigenvalue weighted by molar-refractivity contribution is 0.252. The highest BCUT2D eigenvalue weighted by atomic mass is 16.2. The van der Waals surface area contributed by atoms with Gasteiger partial charge in [-0.2, -0.15) is 0 Å². The van der Waals surface area contributed by atoms with E-state index >= 15 is 0 Å². The maximum atomic E-state index is 11.5. The van der Waals surface area contributed by atoms with Gasteiger partial charge in [0.1, 0.15) is 0 Å². The van der Waals surface area contributed by atoms with Crippen molar-refractivity contribution in [2.75, 3.05) is 11.9 Å². The van der Waals surface area contributed by atoms with Crippen LogP contribution in [0.5, 0.6) is 0 Å². The number of urea groups is 1. The van der Waals surface area contributed by atoms with Gasteiger partial charge in [-0.05, 0) is 24.1 Å². The van der Waals surface area contributed by atoms with Crippen molar-refractivity contribution in [3.63, 3.8) is 0 Å². The van der Waals surface area contributed by atoms with Crippen molar-refractivity contribution < 1.29 is 4.79 Å². The number of carbonyl (C=O) groups excluding carboxylic acids is 1. The molecule has 0 unspecified atom stereocenters. The highest BCUT2D eigenvalue weighted by Gasteiger charge is 2.01. The molecule has 0 saturated heterocycles. The third-order valence-corrected chi connectivity index (χ3v) is 2.43. The minimum absolute atomic E-state index is 0.147. The summed E-state index contributed by atoms with van der Waals surface area (Å²) in [5, 5.41) is 8.96. The number of nitrogens with one attached hydrogen (secondary N) is 3. The first-order valence-corrected chi connectivity index (χ1v) is 6.49. The van der Waals surface area contributed by atoms with Gasteiger partial charge in [-0.25, -0.2) is 4.79 Å². The second-order valence-corrected chi connectivity index (χ2v) is 4.62.